The molecule has 0 aliphatic heterocycles. The number of hydrogen-bond donors (Lipinski definition) is 0. The average molecular weight is 201 g/mol. The van der Waals surface area contributed by atoms with Gasteiger partial charge in [0.15, 0.2) is 6.20 Å². The zero-order valence-corrected chi connectivity index (χ0v) is 8.58. The molecule has 2 nitrogen and oxygen atoms in total. The predicted molar refractivity (Wildman–Crippen MR) is 58.3 cm³/mol. The van der Waals surface area contributed by atoms with Crippen LogP contribution in [0, 0.1) is 0 Å². The van der Waals surface area contributed by atoms with E-state index in [9.17, 15) is 0 Å². The van der Waals surface area contributed by atoms with Crippen LogP contribution < -0.4 is 4.57 Å². The van der Waals surface area contributed by atoms with Gasteiger partial charge in [0.1, 0.15) is 11.9 Å². The second-order valence-corrected chi connectivity index (χ2v) is 4.27. The zero-order chi connectivity index (χ0) is 9.54. The highest BCUT2D eigenvalue weighted by Gasteiger charge is 2.11. The Morgan fingerprint density at radius 1 is 1.21 bits per heavy atom. The average Bonchev–Trinajstić information content (AvgIpc) is 2.59. The van der Waals surface area contributed by atoms with Crippen molar-refractivity contribution in [1.82, 2.24) is 4.98 Å². The summed E-state index contributed by atoms with van der Waals surface area (Å²) in [7, 11) is 2.07. The van der Waals surface area contributed by atoms with Crippen molar-refractivity contribution in [3.8, 4) is 0 Å². The van der Waals surface area contributed by atoms with E-state index in [1.165, 1.54) is 15.6 Å². The largest absolute Gasteiger partial charge is 0.271 e. The highest BCUT2D eigenvalue weighted by Crippen LogP contribution is 2.29. The standard InChI is InChI=1S/C11H9N2S/c1-13-7-3-5-9-8-4-2-6-12-10(8)14-11(9)13/h2-7H,1H3/q+1. The Morgan fingerprint density at radius 2 is 2.07 bits per heavy atom. The second kappa shape index (κ2) is 2.75. The number of rotatable bonds is 0. The Bertz CT molecular complexity index is 613. The predicted octanol–water partition coefficient (Wildman–Crippen LogP) is 2.27. The van der Waals surface area contributed by atoms with Gasteiger partial charge in [0, 0.05) is 17.6 Å². The Morgan fingerprint density at radius 3 is 3.00 bits per heavy atom. The summed E-state index contributed by atoms with van der Waals surface area (Å²) in [4.78, 5) is 6.76. The Kier molecular flexibility index (Phi) is 1.55. The van der Waals surface area contributed by atoms with Crippen LogP contribution >= 0.6 is 11.3 Å². The molecule has 68 valence electrons. The number of nitrogens with zero attached hydrogens (tertiary/aromatic N) is 2. The first-order valence-corrected chi connectivity index (χ1v) is 5.30. The minimum atomic E-state index is 1.12. The molecule has 0 aliphatic carbocycles. The number of hydrogen-bond acceptors (Lipinski definition) is 2. The summed E-state index contributed by atoms with van der Waals surface area (Å²) in [6.45, 7) is 0. The van der Waals surface area contributed by atoms with E-state index in [4.69, 9.17) is 0 Å². The molecule has 0 aliphatic rings. The molecule has 0 saturated carbocycles. The maximum Gasteiger partial charge on any atom is 0.271 e. The van der Waals surface area contributed by atoms with Crippen molar-refractivity contribution >= 4 is 31.8 Å². The van der Waals surface area contributed by atoms with Gasteiger partial charge in [-0.15, -0.1) is 0 Å². The molecule has 3 heteroatoms. The van der Waals surface area contributed by atoms with Crippen LogP contribution in [0.15, 0.2) is 36.7 Å². The summed E-state index contributed by atoms with van der Waals surface area (Å²) < 4.78 is 2.14. The molecular weight excluding hydrogens is 192 g/mol. The minimum absolute atomic E-state index is 1.12. The molecule has 3 aromatic rings. The lowest BCUT2D eigenvalue weighted by molar-refractivity contribution is -0.642. The van der Waals surface area contributed by atoms with Gasteiger partial charge in [-0.25, -0.2) is 4.98 Å². The fourth-order valence-corrected chi connectivity index (χ4v) is 2.78. The van der Waals surface area contributed by atoms with Crippen molar-refractivity contribution in [2.24, 2.45) is 7.05 Å². The van der Waals surface area contributed by atoms with Gasteiger partial charge in [-0.3, -0.25) is 0 Å². The van der Waals surface area contributed by atoms with Crippen molar-refractivity contribution < 1.29 is 4.57 Å². The van der Waals surface area contributed by atoms with Gasteiger partial charge in [0.25, 0.3) is 4.83 Å². The third-order valence-corrected chi connectivity index (χ3v) is 3.60. The molecule has 0 radical (unpaired) electrons. The maximum absolute atomic E-state index is 4.36. The van der Waals surface area contributed by atoms with E-state index >= 15 is 0 Å². The van der Waals surface area contributed by atoms with E-state index in [1.807, 2.05) is 12.3 Å². The molecule has 0 bridgehead atoms. The lowest BCUT2D eigenvalue weighted by atomic mass is 10.2. The lowest BCUT2D eigenvalue weighted by Gasteiger charge is -1.88. The SMILES string of the molecule is C[n+]1cccc2c3cccnc3sc21. The third-order valence-electron chi connectivity index (χ3n) is 2.38. The first-order chi connectivity index (χ1) is 6.86. The van der Waals surface area contributed by atoms with Crippen molar-refractivity contribution in [3.05, 3.63) is 36.7 Å². The van der Waals surface area contributed by atoms with Crippen LogP contribution in [0.1, 0.15) is 0 Å². The summed E-state index contributed by atoms with van der Waals surface area (Å²) in [5, 5.41) is 2.55. The number of thiophene rings is 1. The second-order valence-electron chi connectivity index (χ2n) is 3.30. The van der Waals surface area contributed by atoms with E-state index in [0.29, 0.717) is 0 Å². The maximum atomic E-state index is 4.36. The molecule has 0 atom stereocenters. The molecule has 0 unspecified atom stereocenters. The van der Waals surface area contributed by atoms with E-state index in [0.717, 1.165) is 4.83 Å². The lowest BCUT2D eigenvalue weighted by Crippen LogP contribution is -2.26. The van der Waals surface area contributed by atoms with Crippen molar-refractivity contribution in [1.29, 1.82) is 0 Å². The summed E-state index contributed by atoms with van der Waals surface area (Å²) in [6, 6.07) is 8.33. The molecule has 0 spiro atoms. The van der Waals surface area contributed by atoms with E-state index in [1.54, 1.807) is 11.3 Å². The fourth-order valence-electron chi connectivity index (χ4n) is 1.70. The molecule has 3 heterocycles. The van der Waals surface area contributed by atoms with Gasteiger partial charge >= 0.3 is 0 Å². The number of aryl methyl sites for hydroxylation is 1. The molecule has 3 aromatic heterocycles. The van der Waals surface area contributed by atoms with Crippen LogP contribution in [-0.2, 0) is 7.05 Å². The highest BCUT2D eigenvalue weighted by atomic mass is 32.1. The Labute approximate surface area is 85.4 Å². The fraction of sp³-hybridized carbons (Fsp3) is 0.0909. The van der Waals surface area contributed by atoms with E-state index in [-0.39, 0.29) is 0 Å². The molecule has 0 fully saturated rings. The van der Waals surface area contributed by atoms with Gasteiger partial charge in [-0.2, -0.15) is 4.57 Å². The molecule has 0 saturated heterocycles. The van der Waals surface area contributed by atoms with Crippen molar-refractivity contribution in [2.75, 3.05) is 0 Å². The quantitative estimate of drug-likeness (QED) is 0.510. The first kappa shape index (κ1) is 7.88. The van der Waals surface area contributed by atoms with E-state index < -0.39 is 0 Å². The van der Waals surface area contributed by atoms with Gasteiger partial charge < -0.3 is 0 Å². The normalized spacial score (nSPS) is 11.2. The number of fused-ring (bicyclic) bond motifs is 3. The molecular formula is C11H9N2S+. The molecule has 0 N–H and O–H groups in total. The zero-order valence-electron chi connectivity index (χ0n) is 7.77. The summed E-state index contributed by atoms with van der Waals surface area (Å²) >= 11 is 1.74. The van der Waals surface area contributed by atoms with Crippen molar-refractivity contribution in [2.45, 2.75) is 0 Å². The van der Waals surface area contributed by atoms with Crippen LogP contribution in [-0.4, -0.2) is 4.98 Å². The van der Waals surface area contributed by atoms with Gasteiger partial charge in [-0.05, 0) is 29.5 Å². The third kappa shape index (κ3) is 0.960. The molecule has 0 aromatic carbocycles. The van der Waals surface area contributed by atoms with Crippen LogP contribution in [0.25, 0.3) is 20.4 Å². The van der Waals surface area contributed by atoms with Gasteiger partial charge in [-0.1, -0.05) is 0 Å². The number of pyridine rings is 2. The van der Waals surface area contributed by atoms with Gasteiger partial charge in [0.05, 0.1) is 5.39 Å². The van der Waals surface area contributed by atoms with Gasteiger partial charge in [0.2, 0.25) is 0 Å². The highest BCUT2D eigenvalue weighted by molar-refractivity contribution is 7.24. The van der Waals surface area contributed by atoms with Crippen LogP contribution in [0.4, 0.5) is 0 Å². The summed E-state index contributed by atoms with van der Waals surface area (Å²) in [6.07, 6.45) is 3.91. The minimum Gasteiger partial charge on any atom is -0.245 e. The monoisotopic (exact) mass is 201 g/mol. The Balaban J connectivity index is 2.63. The summed E-state index contributed by atoms with van der Waals surface area (Å²) in [5.74, 6) is 0. The first-order valence-electron chi connectivity index (χ1n) is 4.48. The van der Waals surface area contributed by atoms with Crippen LogP contribution in [0.5, 0.6) is 0 Å². The molecule has 0 amide bonds. The molecule has 14 heavy (non-hydrogen) atoms. The summed E-state index contributed by atoms with van der Waals surface area (Å²) in [5.41, 5.74) is 0. The van der Waals surface area contributed by atoms with Crippen LogP contribution in [0.3, 0.4) is 0 Å². The topological polar surface area (TPSA) is 16.8 Å². The van der Waals surface area contributed by atoms with E-state index in [2.05, 4.69) is 41.0 Å². The number of aromatic nitrogens is 2. The van der Waals surface area contributed by atoms with Crippen molar-refractivity contribution in [3.63, 3.8) is 0 Å². The Hall–Kier alpha value is -1.48. The smallest absolute Gasteiger partial charge is 0.245 e. The van der Waals surface area contributed by atoms with Crippen LogP contribution in [0.2, 0.25) is 0 Å². The molecule has 3 rings (SSSR count).